The molecule has 33 heavy (non-hydrogen) atoms. The first-order valence-corrected chi connectivity index (χ1v) is 12.0. The quantitative estimate of drug-likeness (QED) is 0.390. The molecule has 1 aromatic heterocycles. The molecule has 4 rings (SSSR count). The fourth-order valence-corrected chi connectivity index (χ4v) is 4.46. The van der Waals surface area contributed by atoms with Gasteiger partial charge in [-0.15, -0.1) is 0 Å². The van der Waals surface area contributed by atoms with Crippen LogP contribution >= 0.6 is 11.6 Å². The number of methoxy groups -OCH3 is 1. The predicted molar refractivity (Wildman–Crippen MR) is 133 cm³/mol. The molecule has 174 valence electrons. The molecular formula is C26H30ClN3O3. The first kappa shape index (κ1) is 23.3. The Balaban J connectivity index is 1.85. The van der Waals surface area contributed by atoms with Crippen molar-refractivity contribution in [3.05, 3.63) is 63.2 Å². The lowest BCUT2D eigenvalue weighted by atomic mass is 9.88. The molecule has 0 spiro atoms. The van der Waals surface area contributed by atoms with Crippen LogP contribution in [0.2, 0.25) is 5.02 Å². The van der Waals surface area contributed by atoms with E-state index in [2.05, 4.69) is 12.0 Å². The third-order valence-electron chi connectivity index (χ3n) is 6.22. The molecule has 1 fully saturated rings. The number of aromatic nitrogens is 2. The molecule has 1 aliphatic carbocycles. The Kier molecular flexibility index (Phi) is 7.33. The SMILES string of the molecule is CC[C@H](C)Oc1c(C=Nn2c(C3CCCCC3)nc3ccccc3c2=O)cc(Cl)cc1OC. The number of fused-ring (bicyclic) bond motifs is 1. The summed E-state index contributed by atoms with van der Waals surface area (Å²) in [4.78, 5) is 18.3. The van der Waals surface area contributed by atoms with Crippen LogP contribution in [0, 0.1) is 0 Å². The number of rotatable bonds is 7. The van der Waals surface area contributed by atoms with Crippen LogP contribution in [-0.4, -0.2) is 29.1 Å². The molecule has 1 atom stereocenters. The number of hydrogen-bond donors (Lipinski definition) is 0. The van der Waals surface area contributed by atoms with Gasteiger partial charge >= 0.3 is 0 Å². The van der Waals surface area contributed by atoms with Crippen molar-refractivity contribution in [1.29, 1.82) is 0 Å². The highest BCUT2D eigenvalue weighted by Gasteiger charge is 2.22. The monoisotopic (exact) mass is 467 g/mol. The zero-order valence-electron chi connectivity index (χ0n) is 19.4. The fourth-order valence-electron chi connectivity index (χ4n) is 4.24. The fraction of sp³-hybridized carbons (Fsp3) is 0.423. The highest BCUT2D eigenvalue weighted by atomic mass is 35.5. The van der Waals surface area contributed by atoms with Crippen molar-refractivity contribution in [3.8, 4) is 11.5 Å². The van der Waals surface area contributed by atoms with Crippen LogP contribution in [0.5, 0.6) is 11.5 Å². The molecule has 0 unspecified atom stereocenters. The Hall–Kier alpha value is -2.86. The van der Waals surface area contributed by atoms with Gasteiger partial charge < -0.3 is 9.47 Å². The van der Waals surface area contributed by atoms with E-state index in [1.54, 1.807) is 31.5 Å². The summed E-state index contributed by atoms with van der Waals surface area (Å²) in [6, 6.07) is 10.9. The molecule has 7 heteroatoms. The van der Waals surface area contributed by atoms with Gasteiger partial charge in [-0.1, -0.05) is 49.9 Å². The topological polar surface area (TPSA) is 65.7 Å². The van der Waals surface area contributed by atoms with Crippen molar-refractivity contribution in [1.82, 2.24) is 9.66 Å². The average molecular weight is 468 g/mol. The van der Waals surface area contributed by atoms with E-state index in [4.69, 9.17) is 26.1 Å². The molecule has 0 N–H and O–H groups in total. The molecule has 0 saturated heterocycles. The average Bonchev–Trinajstić information content (AvgIpc) is 2.84. The van der Waals surface area contributed by atoms with Crippen LogP contribution in [0.1, 0.15) is 69.7 Å². The van der Waals surface area contributed by atoms with E-state index in [9.17, 15) is 4.79 Å². The standard InChI is InChI=1S/C26H30ClN3O3/c1-4-17(2)33-24-19(14-20(27)15-23(24)32-3)16-28-30-25(18-10-6-5-7-11-18)29-22-13-9-8-12-21(22)26(30)31/h8-9,12-18H,4-7,10-11H2,1-3H3/t17-/m0/s1. The number of halogens is 1. The van der Waals surface area contributed by atoms with Gasteiger partial charge in [0.25, 0.3) is 5.56 Å². The molecule has 1 heterocycles. The number of nitrogens with zero attached hydrogens (tertiary/aromatic N) is 3. The third-order valence-corrected chi connectivity index (χ3v) is 6.44. The summed E-state index contributed by atoms with van der Waals surface area (Å²) in [5.41, 5.74) is 1.19. The largest absolute Gasteiger partial charge is 0.493 e. The van der Waals surface area contributed by atoms with Gasteiger partial charge in [0.1, 0.15) is 5.82 Å². The molecule has 3 aromatic rings. The van der Waals surface area contributed by atoms with Gasteiger partial charge in [-0.05, 0) is 44.4 Å². The first-order chi connectivity index (χ1) is 16.0. The number of hydrogen-bond acceptors (Lipinski definition) is 5. The van der Waals surface area contributed by atoms with Crippen LogP contribution in [-0.2, 0) is 0 Å². The summed E-state index contributed by atoms with van der Waals surface area (Å²) < 4.78 is 13.1. The Morgan fingerprint density at radius 1 is 1.24 bits per heavy atom. The second kappa shape index (κ2) is 10.4. The second-order valence-corrected chi connectivity index (χ2v) is 8.98. The minimum atomic E-state index is -0.171. The van der Waals surface area contributed by atoms with E-state index in [1.807, 2.05) is 25.1 Å². The molecule has 0 amide bonds. The number of benzene rings is 2. The van der Waals surface area contributed by atoms with Gasteiger partial charge in [-0.3, -0.25) is 4.79 Å². The van der Waals surface area contributed by atoms with Crippen LogP contribution in [0.15, 0.2) is 46.3 Å². The Morgan fingerprint density at radius 3 is 2.73 bits per heavy atom. The molecule has 0 aliphatic heterocycles. The van der Waals surface area contributed by atoms with Crippen molar-refractivity contribution < 1.29 is 9.47 Å². The van der Waals surface area contributed by atoms with Crippen LogP contribution in [0.4, 0.5) is 0 Å². The lowest BCUT2D eigenvalue weighted by Crippen LogP contribution is -2.25. The predicted octanol–water partition coefficient (Wildman–Crippen LogP) is 6.17. The molecule has 1 aliphatic rings. The smallest absolute Gasteiger partial charge is 0.282 e. The molecule has 0 bridgehead atoms. The molecule has 6 nitrogen and oxygen atoms in total. The van der Waals surface area contributed by atoms with Crippen molar-refractivity contribution in [3.63, 3.8) is 0 Å². The maximum atomic E-state index is 13.4. The summed E-state index contributed by atoms with van der Waals surface area (Å²) in [6.07, 6.45) is 7.94. The lowest BCUT2D eigenvalue weighted by molar-refractivity contribution is 0.207. The van der Waals surface area contributed by atoms with Crippen molar-refractivity contribution in [2.45, 2.75) is 64.4 Å². The van der Waals surface area contributed by atoms with E-state index in [0.717, 1.165) is 32.1 Å². The van der Waals surface area contributed by atoms with Crippen LogP contribution < -0.4 is 15.0 Å². The van der Waals surface area contributed by atoms with Crippen molar-refractivity contribution >= 4 is 28.7 Å². The minimum Gasteiger partial charge on any atom is -0.493 e. The molecule has 0 radical (unpaired) electrons. The van der Waals surface area contributed by atoms with Crippen LogP contribution in [0.3, 0.4) is 0 Å². The van der Waals surface area contributed by atoms with Crippen molar-refractivity contribution in [2.75, 3.05) is 7.11 Å². The Morgan fingerprint density at radius 2 is 2.00 bits per heavy atom. The third kappa shape index (κ3) is 5.06. The van der Waals surface area contributed by atoms with Crippen molar-refractivity contribution in [2.24, 2.45) is 5.10 Å². The lowest BCUT2D eigenvalue weighted by Gasteiger charge is -2.23. The summed E-state index contributed by atoms with van der Waals surface area (Å²) in [6.45, 7) is 4.05. The zero-order valence-corrected chi connectivity index (χ0v) is 20.1. The Bertz CT molecular complexity index is 1220. The summed E-state index contributed by atoms with van der Waals surface area (Å²) in [5.74, 6) is 2.01. The van der Waals surface area contributed by atoms with Gasteiger partial charge in [0.2, 0.25) is 0 Å². The second-order valence-electron chi connectivity index (χ2n) is 8.55. The molecule has 2 aromatic carbocycles. The normalized spacial score (nSPS) is 15.8. The maximum absolute atomic E-state index is 13.4. The highest BCUT2D eigenvalue weighted by molar-refractivity contribution is 6.31. The van der Waals surface area contributed by atoms with E-state index in [1.165, 1.54) is 11.1 Å². The minimum absolute atomic E-state index is 0.0184. The zero-order chi connectivity index (χ0) is 23.4. The van der Waals surface area contributed by atoms with Gasteiger partial charge in [-0.2, -0.15) is 9.78 Å². The van der Waals surface area contributed by atoms with E-state index < -0.39 is 0 Å². The van der Waals surface area contributed by atoms with E-state index in [-0.39, 0.29) is 17.6 Å². The summed E-state index contributed by atoms with van der Waals surface area (Å²) in [7, 11) is 1.58. The van der Waals surface area contributed by atoms with E-state index >= 15 is 0 Å². The Labute approximate surface area is 199 Å². The van der Waals surface area contributed by atoms with Gasteiger partial charge in [0.15, 0.2) is 11.5 Å². The van der Waals surface area contributed by atoms with Gasteiger partial charge in [0, 0.05) is 22.6 Å². The number of para-hydroxylation sites is 1. The van der Waals surface area contributed by atoms with Gasteiger partial charge in [0.05, 0.1) is 30.3 Å². The van der Waals surface area contributed by atoms with E-state index in [0.29, 0.717) is 38.8 Å². The molecular weight excluding hydrogens is 438 g/mol. The molecule has 1 saturated carbocycles. The number of ether oxygens (including phenoxy) is 2. The highest BCUT2D eigenvalue weighted by Crippen LogP contribution is 2.35. The first-order valence-electron chi connectivity index (χ1n) is 11.6. The maximum Gasteiger partial charge on any atom is 0.282 e. The summed E-state index contributed by atoms with van der Waals surface area (Å²) in [5, 5.41) is 5.69. The van der Waals surface area contributed by atoms with Crippen LogP contribution in [0.25, 0.3) is 10.9 Å². The summed E-state index contributed by atoms with van der Waals surface area (Å²) >= 11 is 6.34. The van der Waals surface area contributed by atoms with Gasteiger partial charge in [-0.25, -0.2) is 4.98 Å².